The summed E-state index contributed by atoms with van der Waals surface area (Å²) in [6, 6.07) is 5.44. The van der Waals surface area contributed by atoms with Crippen molar-refractivity contribution in [2.75, 3.05) is 38.5 Å². The number of hydrogen-bond donors (Lipinski definition) is 3. The number of pyridine rings is 1. The number of imidazole rings is 1. The molecule has 1 saturated heterocycles. The summed E-state index contributed by atoms with van der Waals surface area (Å²) in [5.74, 6) is 5.81. The predicted octanol–water partition coefficient (Wildman–Crippen LogP) is 4.19. The van der Waals surface area contributed by atoms with Gasteiger partial charge in [0.05, 0.1) is 23.0 Å². The van der Waals surface area contributed by atoms with Crippen molar-refractivity contribution >= 4 is 23.9 Å². The quantitative estimate of drug-likeness (QED) is 0.325. The molecular weight excluding hydrogens is 507 g/mol. The van der Waals surface area contributed by atoms with E-state index < -0.39 is 17.6 Å². The number of amides is 1. The summed E-state index contributed by atoms with van der Waals surface area (Å²) in [4.78, 5) is 28.4. The fraction of sp³-hybridized carbons (Fsp3) is 0.286. The molecule has 3 N–H and O–H groups in total. The number of rotatable bonds is 6. The molecule has 1 aromatic carbocycles. The number of carbonyl (C=O) groups excluding carboxylic acids is 1. The lowest BCUT2D eigenvalue weighted by atomic mass is 10.0. The van der Waals surface area contributed by atoms with Crippen molar-refractivity contribution in [1.29, 1.82) is 5.41 Å². The zero-order valence-electron chi connectivity index (χ0n) is 21.6. The number of aromatic amines is 1. The van der Waals surface area contributed by atoms with E-state index in [1.54, 1.807) is 25.3 Å². The monoisotopic (exact) mass is 535 g/mol. The van der Waals surface area contributed by atoms with Gasteiger partial charge in [0.1, 0.15) is 11.5 Å². The molecule has 4 rings (SSSR count). The largest absolute Gasteiger partial charge is 0.416 e. The Kier molecular flexibility index (Phi) is 8.59. The number of H-pyrrole nitrogens is 1. The summed E-state index contributed by atoms with van der Waals surface area (Å²) >= 11 is 0. The summed E-state index contributed by atoms with van der Waals surface area (Å²) in [6.45, 7) is 4.93. The number of aromatic nitrogens is 3. The molecule has 1 aliphatic rings. The van der Waals surface area contributed by atoms with E-state index in [4.69, 9.17) is 5.41 Å². The van der Waals surface area contributed by atoms with Crippen LogP contribution in [-0.2, 0) is 12.7 Å². The molecule has 2 aromatic heterocycles. The lowest BCUT2D eigenvalue weighted by Gasteiger charge is -2.33. The normalized spacial score (nSPS) is 14.7. The zero-order valence-corrected chi connectivity index (χ0v) is 21.6. The maximum absolute atomic E-state index is 13.9. The van der Waals surface area contributed by atoms with Gasteiger partial charge in [0.15, 0.2) is 0 Å². The maximum atomic E-state index is 13.9. The number of piperazine rings is 1. The van der Waals surface area contributed by atoms with Crippen LogP contribution in [0.3, 0.4) is 0 Å². The van der Waals surface area contributed by atoms with Crippen LogP contribution < -0.4 is 5.32 Å². The van der Waals surface area contributed by atoms with Gasteiger partial charge >= 0.3 is 6.18 Å². The van der Waals surface area contributed by atoms with Gasteiger partial charge in [0.25, 0.3) is 5.91 Å². The smallest absolute Gasteiger partial charge is 0.332 e. The van der Waals surface area contributed by atoms with Gasteiger partial charge in [-0.25, -0.2) is 4.98 Å². The first-order valence-corrected chi connectivity index (χ1v) is 12.3. The van der Waals surface area contributed by atoms with E-state index in [9.17, 15) is 18.0 Å². The van der Waals surface area contributed by atoms with Crippen molar-refractivity contribution in [3.63, 3.8) is 0 Å². The van der Waals surface area contributed by atoms with E-state index in [1.807, 2.05) is 11.9 Å². The van der Waals surface area contributed by atoms with Crippen LogP contribution in [0.1, 0.15) is 44.3 Å². The van der Waals surface area contributed by atoms with Gasteiger partial charge in [-0.1, -0.05) is 12.0 Å². The SMILES string of the molecule is Cc1ncc(C(=O)Nc2ccc(CN3CCN(C)CC3)c(C(F)(F)F)c2)cc1C#Cc1cnc(/C=C\C=N)[nH]1. The third kappa shape index (κ3) is 7.40. The lowest BCUT2D eigenvalue weighted by molar-refractivity contribution is -0.138. The van der Waals surface area contributed by atoms with Crippen LogP contribution in [-0.4, -0.2) is 70.1 Å². The zero-order chi connectivity index (χ0) is 28.0. The van der Waals surface area contributed by atoms with Crippen LogP contribution in [0.25, 0.3) is 6.08 Å². The van der Waals surface area contributed by atoms with Crippen LogP contribution in [0.5, 0.6) is 0 Å². The highest BCUT2D eigenvalue weighted by Gasteiger charge is 2.34. The molecule has 0 radical (unpaired) electrons. The topological polar surface area (TPSA) is 101 Å². The fourth-order valence-corrected chi connectivity index (χ4v) is 4.05. The number of allylic oxidation sites excluding steroid dienone is 1. The Hall–Kier alpha value is -4.27. The number of likely N-dealkylation sites (N-methyl/N-ethyl adjacent to an activating group) is 1. The number of anilines is 1. The molecule has 0 spiro atoms. The highest BCUT2D eigenvalue weighted by Crippen LogP contribution is 2.34. The molecule has 1 fully saturated rings. The van der Waals surface area contributed by atoms with Gasteiger partial charge < -0.3 is 20.6 Å². The van der Waals surface area contributed by atoms with Crippen molar-refractivity contribution in [3.05, 3.63) is 82.2 Å². The van der Waals surface area contributed by atoms with Crippen LogP contribution >= 0.6 is 0 Å². The van der Waals surface area contributed by atoms with E-state index in [-0.39, 0.29) is 23.4 Å². The second-order valence-electron chi connectivity index (χ2n) is 9.22. The number of alkyl halides is 3. The third-order valence-corrected chi connectivity index (χ3v) is 6.29. The molecule has 3 aromatic rings. The Bertz CT molecular complexity index is 1440. The van der Waals surface area contributed by atoms with Crippen LogP contribution in [0.15, 0.2) is 42.7 Å². The molecule has 0 bridgehead atoms. The average molecular weight is 536 g/mol. The summed E-state index contributed by atoms with van der Waals surface area (Å²) in [7, 11) is 1.99. The number of halogens is 3. The van der Waals surface area contributed by atoms with Crippen LogP contribution in [0.2, 0.25) is 0 Å². The van der Waals surface area contributed by atoms with Crippen molar-refractivity contribution in [2.45, 2.75) is 19.6 Å². The molecule has 0 atom stereocenters. The Morgan fingerprint density at radius 3 is 2.64 bits per heavy atom. The molecule has 0 aliphatic carbocycles. The summed E-state index contributed by atoms with van der Waals surface area (Å²) in [5.41, 5.74) is 1.24. The molecule has 0 unspecified atom stereocenters. The van der Waals surface area contributed by atoms with E-state index in [2.05, 4.69) is 37.0 Å². The molecule has 1 amide bonds. The minimum Gasteiger partial charge on any atom is -0.332 e. The summed E-state index contributed by atoms with van der Waals surface area (Å²) in [6.07, 6.45) is 2.62. The second-order valence-corrected chi connectivity index (χ2v) is 9.22. The van der Waals surface area contributed by atoms with Crippen LogP contribution in [0, 0.1) is 24.2 Å². The number of aryl methyl sites for hydroxylation is 1. The molecule has 11 heteroatoms. The van der Waals surface area contributed by atoms with Crippen molar-refractivity contribution < 1.29 is 18.0 Å². The van der Waals surface area contributed by atoms with Gasteiger partial charge in [0.2, 0.25) is 0 Å². The van der Waals surface area contributed by atoms with Gasteiger partial charge in [-0.2, -0.15) is 13.2 Å². The number of carbonyl (C=O) groups is 1. The summed E-state index contributed by atoms with van der Waals surface area (Å²) in [5, 5.41) is 9.59. The minimum absolute atomic E-state index is 0.0469. The molecule has 3 heterocycles. The standard InChI is InChI=1S/C28H28F3N7O/c1-19-20(5-8-24-17-34-26(35-24)4-3-9-32)14-22(16-33-19)27(39)36-23-7-6-21(25(15-23)28(29,30)31)18-38-12-10-37(2)11-13-38/h3-4,6-7,9,14-17,32H,10-13,18H2,1-2H3,(H,34,35)(H,36,39)/b4-3-,32-9?. The summed E-state index contributed by atoms with van der Waals surface area (Å²) < 4.78 is 41.7. The Balaban J connectivity index is 1.51. The lowest BCUT2D eigenvalue weighted by Crippen LogP contribution is -2.44. The van der Waals surface area contributed by atoms with Gasteiger partial charge in [0, 0.05) is 56.4 Å². The second kappa shape index (κ2) is 12.1. The average Bonchev–Trinajstić information content (AvgIpc) is 3.36. The van der Waals surface area contributed by atoms with E-state index in [0.717, 1.165) is 25.4 Å². The molecular formula is C28H28F3N7O. The predicted molar refractivity (Wildman–Crippen MR) is 144 cm³/mol. The minimum atomic E-state index is -4.56. The molecule has 8 nitrogen and oxygen atoms in total. The molecule has 39 heavy (non-hydrogen) atoms. The third-order valence-electron chi connectivity index (χ3n) is 6.29. The van der Waals surface area contributed by atoms with Gasteiger partial charge in [-0.3, -0.25) is 14.7 Å². The Morgan fingerprint density at radius 2 is 1.92 bits per heavy atom. The number of nitrogens with one attached hydrogen (secondary N) is 3. The first-order valence-electron chi connectivity index (χ1n) is 12.3. The Morgan fingerprint density at radius 1 is 1.15 bits per heavy atom. The first kappa shape index (κ1) is 27.8. The van der Waals surface area contributed by atoms with Crippen molar-refractivity contribution in [1.82, 2.24) is 24.8 Å². The Labute approximate surface area is 224 Å². The fourth-order valence-electron chi connectivity index (χ4n) is 4.05. The number of benzene rings is 1. The first-order chi connectivity index (χ1) is 18.6. The van der Waals surface area contributed by atoms with E-state index >= 15 is 0 Å². The molecule has 202 valence electrons. The highest BCUT2D eigenvalue weighted by molar-refractivity contribution is 6.04. The molecule has 0 saturated carbocycles. The molecule has 1 aliphatic heterocycles. The van der Waals surface area contributed by atoms with Crippen LogP contribution in [0.4, 0.5) is 18.9 Å². The maximum Gasteiger partial charge on any atom is 0.416 e. The van der Waals surface area contributed by atoms with E-state index in [1.165, 1.54) is 24.4 Å². The number of nitrogens with zero attached hydrogens (tertiary/aromatic N) is 4. The number of hydrogen-bond acceptors (Lipinski definition) is 6. The highest BCUT2D eigenvalue weighted by atomic mass is 19.4. The van der Waals surface area contributed by atoms with Crippen molar-refractivity contribution in [2.24, 2.45) is 0 Å². The van der Waals surface area contributed by atoms with Gasteiger partial charge in [-0.15, -0.1) is 0 Å². The van der Waals surface area contributed by atoms with Crippen molar-refractivity contribution in [3.8, 4) is 11.8 Å². The van der Waals surface area contributed by atoms with E-state index in [0.29, 0.717) is 35.9 Å². The van der Waals surface area contributed by atoms with Gasteiger partial charge in [-0.05, 0) is 55.8 Å².